The van der Waals surface area contributed by atoms with E-state index < -0.39 is 0 Å². The summed E-state index contributed by atoms with van der Waals surface area (Å²) in [6, 6.07) is 7.89. The predicted molar refractivity (Wildman–Crippen MR) is 80.3 cm³/mol. The number of nitrogens with one attached hydrogen (secondary N) is 1. The first-order chi connectivity index (χ1) is 8.59. The molecule has 1 nitrogen and oxygen atoms in total. The van der Waals surface area contributed by atoms with Crippen LogP contribution in [-0.4, -0.2) is 0 Å². The van der Waals surface area contributed by atoms with Crippen LogP contribution in [-0.2, 0) is 0 Å². The molecule has 18 heavy (non-hydrogen) atoms. The minimum absolute atomic E-state index is 0.273. The van der Waals surface area contributed by atoms with E-state index in [0.717, 1.165) is 15.5 Å². The largest absolute Gasteiger partial charge is 0.352 e. The summed E-state index contributed by atoms with van der Waals surface area (Å²) in [5, 5.41) is 4.61. The molecule has 3 rings (SSSR count). The van der Waals surface area contributed by atoms with Gasteiger partial charge in [0.25, 0.3) is 0 Å². The molecule has 1 aliphatic heterocycles. The van der Waals surface area contributed by atoms with Crippen molar-refractivity contribution < 1.29 is 0 Å². The SMILES string of the molecule is Clc1c(Cl)c(Cl)c2c(c1Cl)Nc1ccccc1S2. The molecule has 92 valence electrons. The lowest BCUT2D eigenvalue weighted by Crippen LogP contribution is -2.01. The molecule has 0 amide bonds. The van der Waals surface area contributed by atoms with Gasteiger partial charge in [0.15, 0.2) is 0 Å². The molecule has 0 atom stereocenters. The number of halogens is 4. The highest BCUT2D eigenvalue weighted by Gasteiger charge is 2.25. The molecular formula is C12H5Cl4NS. The van der Waals surface area contributed by atoms with Gasteiger partial charge in [-0.3, -0.25) is 0 Å². The van der Waals surface area contributed by atoms with Crippen molar-refractivity contribution in [2.24, 2.45) is 0 Å². The molecule has 1 aliphatic rings. The van der Waals surface area contributed by atoms with Crippen LogP contribution in [0, 0.1) is 0 Å². The summed E-state index contributed by atoms with van der Waals surface area (Å²) in [5.41, 5.74) is 1.69. The van der Waals surface area contributed by atoms with Crippen molar-refractivity contribution in [3.05, 3.63) is 44.4 Å². The van der Waals surface area contributed by atoms with Gasteiger partial charge >= 0.3 is 0 Å². The first-order valence-corrected chi connectivity index (χ1v) is 7.32. The Morgan fingerprint density at radius 3 is 2.28 bits per heavy atom. The molecular weight excluding hydrogens is 332 g/mol. The predicted octanol–water partition coefficient (Wildman–Crippen LogP) is 6.51. The zero-order valence-electron chi connectivity index (χ0n) is 8.73. The van der Waals surface area contributed by atoms with Gasteiger partial charge in [0.2, 0.25) is 0 Å². The second-order valence-corrected chi connectivity index (χ2v) is 6.25. The standard InChI is InChI=1S/C12H5Cl4NS/c13-7-8(14)10(16)12-11(9(7)15)17-5-3-1-2-4-6(5)18-12/h1-4,17H. The van der Waals surface area contributed by atoms with Crippen molar-refractivity contribution in [1.82, 2.24) is 0 Å². The Morgan fingerprint density at radius 2 is 1.50 bits per heavy atom. The van der Waals surface area contributed by atoms with Gasteiger partial charge in [0.05, 0.1) is 36.4 Å². The molecule has 2 aromatic carbocycles. The van der Waals surface area contributed by atoms with Crippen LogP contribution in [0.25, 0.3) is 0 Å². The second kappa shape index (κ2) is 4.69. The highest BCUT2D eigenvalue weighted by molar-refractivity contribution is 7.99. The molecule has 0 aliphatic carbocycles. The highest BCUT2D eigenvalue weighted by atomic mass is 35.5. The van der Waals surface area contributed by atoms with Crippen LogP contribution in [0.15, 0.2) is 34.1 Å². The molecule has 0 unspecified atom stereocenters. The van der Waals surface area contributed by atoms with E-state index in [-0.39, 0.29) is 10.0 Å². The second-order valence-electron chi connectivity index (χ2n) is 3.68. The highest BCUT2D eigenvalue weighted by Crippen LogP contribution is 2.54. The van der Waals surface area contributed by atoms with E-state index in [0.29, 0.717) is 15.7 Å². The third-order valence-electron chi connectivity index (χ3n) is 2.58. The van der Waals surface area contributed by atoms with Crippen LogP contribution in [0.2, 0.25) is 20.1 Å². The number of para-hydroxylation sites is 1. The Kier molecular flexibility index (Phi) is 3.33. The third-order valence-corrected chi connectivity index (χ3v) is 5.69. The molecule has 0 saturated carbocycles. The lowest BCUT2D eigenvalue weighted by atomic mass is 10.2. The maximum absolute atomic E-state index is 6.22. The van der Waals surface area contributed by atoms with Gasteiger partial charge in [-0.1, -0.05) is 70.3 Å². The van der Waals surface area contributed by atoms with E-state index in [2.05, 4.69) is 5.32 Å². The normalized spacial score (nSPS) is 12.7. The zero-order chi connectivity index (χ0) is 12.9. The average Bonchev–Trinajstić information content (AvgIpc) is 2.41. The van der Waals surface area contributed by atoms with E-state index in [1.165, 1.54) is 11.8 Å². The molecule has 0 spiro atoms. The van der Waals surface area contributed by atoms with Crippen LogP contribution in [0.1, 0.15) is 0 Å². The Morgan fingerprint density at radius 1 is 0.833 bits per heavy atom. The number of benzene rings is 2. The molecule has 2 aromatic rings. The minimum atomic E-state index is 0.273. The van der Waals surface area contributed by atoms with E-state index in [1.54, 1.807) is 0 Å². The van der Waals surface area contributed by atoms with Crippen molar-refractivity contribution in [3.63, 3.8) is 0 Å². The van der Waals surface area contributed by atoms with Crippen LogP contribution in [0.5, 0.6) is 0 Å². The van der Waals surface area contributed by atoms with Crippen molar-refractivity contribution in [2.75, 3.05) is 5.32 Å². The number of rotatable bonds is 0. The van der Waals surface area contributed by atoms with Crippen molar-refractivity contribution in [3.8, 4) is 0 Å². The van der Waals surface area contributed by atoms with E-state index in [4.69, 9.17) is 46.4 Å². The van der Waals surface area contributed by atoms with Crippen LogP contribution >= 0.6 is 58.2 Å². The molecule has 6 heteroatoms. The number of anilines is 2. The molecule has 1 N–H and O–H groups in total. The third kappa shape index (κ3) is 1.87. The molecule has 0 radical (unpaired) electrons. The lowest BCUT2D eigenvalue weighted by Gasteiger charge is -2.23. The Hall–Kier alpha value is -0.250. The van der Waals surface area contributed by atoms with Gasteiger partial charge in [-0.15, -0.1) is 0 Å². The maximum atomic E-state index is 6.22. The van der Waals surface area contributed by atoms with Gasteiger partial charge in [-0.25, -0.2) is 0 Å². The van der Waals surface area contributed by atoms with Gasteiger partial charge in [0, 0.05) is 4.90 Å². The smallest absolute Gasteiger partial charge is 0.0855 e. The number of hydrogen-bond donors (Lipinski definition) is 1. The fourth-order valence-corrected chi connectivity index (χ4v) is 3.89. The number of fused-ring (bicyclic) bond motifs is 2. The van der Waals surface area contributed by atoms with Crippen LogP contribution in [0.3, 0.4) is 0 Å². The van der Waals surface area contributed by atoms with E-state index >= 15 is 0 Å². The first-order valence-electron chi connectivity index (χ1n) is 4.99. The Labute approximate surface area is 128 Å². The summed E-state index contributed by atoms with van der Waals surface area (Å²) in [6.07, 6.45) is 0. The molecule has 0 saturated heterocycles. The monoisotopic (exact) mass is 335 g/mol. The van der Waals surface area contributed by atoms with Crippen LogP contribution in [0.4, 0.5) is 11.4 Å². The lowest BCUT2D eigenvalue weighted by molar-refractivity contribution is 1.31. The maximum Gasteiger partial charge on any atom is 0.0855 e. The van der Waals surface area contributed by atoms with Gasteiger partial charge in [-0.2, -0.15) is 0 Å². The summed E-state index contributed by atoms with van der Waals surface area (Å²) in [4.78, 5) is 1.87. The fourth-order valence-electron chi connectivity index (χ4n) is 1.72. The molecule has 0 bridgehead atoms. The first kappa shape index (κ1) is 12.8. The average molecular weight is 337 g/mol. The summed E-state index contributed by atoms with van der Waals surface area (Å²) < 4.78 is 0. The van der Waals surface area contributed by atoms with Gasteiger partial charge in [-0.05, 0) is 12.1 Å². The van der Waals surface area contributed by atoms with Crippen molar-refractivity contribution in [1.29, 1.82) is 0 Å². The van der Waals surface area contributed by atoms with Crippen LogP contribution < -0.4 is 5.32 Å². The fraction of sp³-hybridized carbons (Fsp3) is 0. The summed E-state index contributed by atoms with van der Waals surface area (Å²) in [7, 11) is 0. The number of hydrogen-bond acceptors (Lipinski definition) is 2. The molecule has 1 heterocycles. The van der Waals surface area contributed by atoms with E-state index in [1.807, 2.05) is 24.3 Å². The summed E-state index contributed by atoms with van der Waals surface area (Å²) in [6.45, 7) is 0. The quantitative estimate of drug-likeness (QED) is 0.371. The summed E-state index contributed by atoms with van der Waals surface area (Å²) in [5.74, 6) is 0. The van der Waals surface area contributed by atoms with Gasteiger partial charge < -0.3 is 5.32 Å². The summed E-state index contributed by atoms with van der Waals surface area (Å²) >= 11 is 26.1. The minimum Gasteiger partial charge on any atom is -0.352 e. The Bertz CT molecular complexity index is 601. The molecule has 0 aromatic heterocycles. The van der Waals surface area contributed by atoms with Crippen molar-refractivity contribution >= 4 is 69.5 Å². The topological polar surface area (TPSA) is 12.0 Å². The van der Waals surface area contributed by atoms with Gasteiger partial charge in [0.1, 0.15) is 0 Å². The Balaban J connectivity index is 2.25. The molecule has 0 fully saturated rings. The van der Waals surface area contributed by atoms with E-state index in [9.17, 15) is 0 Å². The van der Waals surface area contributed by atoms with Crippen molar-refractivity contribution in [2.45, 2.75) is 9.79 Å². The zero-order valence-corrected chi connectivity index (χ0v) is 12.6.